The molecule has 0 bridgehead atoms. The maximum atomic E-state index is 6.47. The van der Waals surface area contributed by atoms with E-state index >= 15 is 0 Å². The zero-order valence-corrected chi connectivity index (χ0v) is 19.5. The molecule has 0 unspecified atom stereocenters. The fraction of sp³-hybridized carbons (Fsp3) is 0.0769. The molecule has 0 spiro atoms. The third-order valence-corrected chi connectivity index (χ3v) is 6.39. The van der Waals surface area contributed by atoms with Crippen molar-refractivity contribution < 1.29 is 0 Å². The summed E-state index contributed by atoms with van der Waals surface area (Å²) in [6.45, 7) is 0.674. The lowest BCUT2D eigenvalue weighted by Crippen LogP contribution is -2.16. The van der Waals surface area contributed by atoms with E-state index in [-0.39, 0.29) is 5.92 Å². The van der Waals surface area contributed by atoms with Gasteiger partial charge in [-0.15, -0.1) is 0 Å². The molecular weight excluding hydrogens is 484 g/mol. The van der Waals surface area contributed by atoms with Crippen molar-refractivity contribution in [3.63, 3.8) is 0 Å². The van der Waals surface area contributed by atoms with Gasteiger partial charge in [-0.2, -0.15) is 0 Å². The van der Waals surface area contributed by atoms with Crippen LogP contribution in [0.1, 0.15) is 17.0 Å². The largest absolute Gasteiger partial charge is 0.366 e. The van der Waals surface area contributed by atoms with Gasteiger partial charge in [0.2, 0.25) is 0 Å². The Balaban J connectivity index is 1.55. The summed E-state index contributed by atoms with van der Waals surface area (Å²) < 4.78 is 2.84. The van der Waals surface area contributed by atoms with Crippen LogP contribution in [0.5, 0.6) is 0 Å². The minimum atomic E-state index is 0.168. The van der Waals surface area contributed by atoms with E-state index in [9.17, 15) is 0 Å². The molecule has 5 rings (SSSR count). The predicted molar refractivity (Wildman–Crippen MR) is 134 cm³/mol. The topological polar surface area (TPSA) is 42.2 Å². The fourth-order valence-electron chi connectivity index (χ4n) is 3.87. The van der Waals surface area contributed by atoms with E-state index in [1.807, 2.05) is 47.0 Å². The van der Waals surface area contributed by atoms with Crippen LogP contribution in [-0.2, 0) is 0 Å². The molecular formula is C26H20BrClN4. The summed E-state index contributed by atoms with van der Waals surface area (Å²) in [7, 11) is 0. The van der Waals surface area contributed by atoms with Crippen LogP contribution in [0.25, 0.3) is 16.9 Å². The number of anilines is 1. The zero-order chi connectivity index (χ0) is 21.9. The summed E-state index contributed by atoms with van der Waals surface area (Å²) in [5.41, 5.74) is 4.90. The van der Waals surface area contributed by atoms with E-state index in [4.69, 9.17) is 16.6 Å². The highest BCUT2D eigenvalue weighted by Gasteiger charge is 2.17. The monoisotopic (exact) mass is 502 g/mol. The predicted octanol–water partition coefficient (Wildman–Crippen LogP) is 7.06. The Morgan fingerprint density at radius 3 is 2.16 bits per heavy atom. The van der Waals surface area contributed by atoms with Gasteiger partial charge in [0.1, 0.15) is 4.60 Å². The van der Waals surface area contributed by atoms with Gasteiger partial charge in [0.25, 0.3) is 0 Å². The Morgan fingerprint density at radius 2 is 1.50 bits per heavy atom. The van der Waals surface area contributed by atoms with Gasteiger partial charge in [-0.3, -0.25) is 4.40 Å². The molecule has 1 N–H and O–H groups in total. The smallest absolute Gasteiger partial charge is 0.181 e. The molecule has 0 amide bonds. The molecule has 0 aliphatic heterocycles. The second-order valence-corrected chi connectivity index (χ2v) is 8.70. The molecule has 4 nitrogen and oxygen atoms in total. The average molecular weight is 504 g/mol. The SMILES string of the molecule is Clc1ccccc1-c1cn2c(Br)cnc2c(NCC(c2ccccc2)c2ccccc2)n1. The van der Waals surface area contributed by atoms with E-state index in [1.165, 1.54) is 11.1 Å². The molecule has 0 saturated carbocycles. The van der Waals surface area contributed by atoms with E-state index in [1.54, 1.807) is 6.20 Å². The van der Waals surface area contributed by atoms with E-state index < -0.39 is 0 Å². The van der Waals surface area contributed by atoms with E-state index in [0.717, 1.165) is 21.5 Å². The molecule has 0 radical (unpaired) electrons. The average Bonchev–Trinajstić information content (AvgIpc) is 3.21. The van der Waals surface area contributed by atoms with Gasteiger partial charge in [0.15, 0.2) is 11.5 Å². The number of halogens is 2. The minimum Gasteiger partial charge on any atom is -0.366 e. The van der Waals surface area contributed by atoms with E-state index in [2.05, 4.69) is 74.8 Å². The molecule has 0 atom stereocenters. The van der Waals surface area contributed by atoms with Gasteiger partial charge in [-0.05, 0) is 33.1 Å². The summed E-state index contributed by atoms with van der Waals surface area (Å²) in [5, 5.41) is 4.23. The summed E-state index contributed by atoms with van der Waals surface area (Å²) in [4.78, 5) is 9.46. The quantitative estimate of drug-likeness (QED) is 0.270. The Hall–Kier alpha value is -3.15. The van der Waals surface area contributed by atoms with Crippen LogP contribution in [0.2, 0.25) is 5.02 Å². The van der Waals surface area contributed by atoms with Crippen molar-refractivity contribution in [2.75, 3.05) is 11.9 Å². The third-order valence-electron chi connectivity index (χ3n) is 5.47. The summed E-state index contributed by atoms with van der Waals surface area (Å²) in [6, 6.07) is 28.8. The van der Waals surface area contributed by atoms with Crippen LogP contribution in [0.3, 0.4) is 0 Å². The van der Waals surface area contributed by atoms with Crippen molar-refractivity contribution in [2.45, 2.75) is 5.92 Å². The Labute approximate surface area is 200 Å². The first kappa shape index (κ1) is 20.7. The Morgan fingerprint density at radius 1 is 0.875 bits per heavy atom. The summed E-state index contributed by atoms with van der Waals surface area (Å²) in [6.07, 6.45) is 3.73. The summed E-state index contributed by atoms with van der Waals surface area (Å²) in [5.74, 6) is 0.881. The molecule has 0 fully saturated rings. The highest BCUT2D eigenvalue weighted by atomic mass is 79.9. The number of nitrogens with zero attached hydrogens (tertiary/aromatic N) is 3. The lowest BCUT2D eigenvalue weighted by molar-refractivity contribution is 0.848. The Bertz CT molecular complexity index is 1310. The molecule has 3 aromatic carbocycles. The molecule has 2 heterocycles. The van der Waals surface area contributed by atoms with Crippen LogP contribution in [0, 0.1) is 0 Å². The Kier molecular flexibility index (Phi) is 5.93. The number of rotatable bonds is 6. The van der Waals surface area contributed by atoms with Crippen molar-refractivity contribution in [3.8, 4) is 11.3 Å². The molecule has 32 heavy (non-hydrogen) atoms. The van der Waals surface area contributed by atoms with Gasteiger partial charge in [0, 0.05) is 24.2 Å². The molecule has 5 aromatic rings. The standard InChI is InChI=1S/C26H20BrClN4/c27-24-16-30-26-25(31-23(17-32(24)26)20-13-7-8-14-22(20)28)29-15-21(18-9-3-1-4-10-18)19-11-5-2-6-12-19/h1-14,16-17,21H,15H2,(H,29,31). The number of fused-ring (bicyclic) bond motifs is 1. The minimum absolute atomic E-state index is 0.168. The molecule has 6 heteroatoms. The maximum absolute atomic E-state index is 6.47. The van der Waals surface area contributed by atoms with E-state index in [0.29, 0.717) is 17.4 Å². The van der Waals surface area contributed by atoms with Gasteiger partial charge < -0.3 is 5.32 Å². The van der Waals surface area contributed by atoms with Crippen LogP contribution in [0.15, 0.2) is 102 Å². The van der Waals surface area contributed by atoms with Gasteiger partial charge >= 0.3 is 0 Å². The number of hydrogen-bond acceptors (Lipinski definition) is 3. The number of imidazole rings is 1. The van der Waals surface area contributed by atoms with Crippen molar-refractivity contribution in [3.05, 3.63) is 118 Å². The second-order valence-electron chi connectivity index (χ2n) is 7.48. The molecule has 158 valence electrons. The lowest BCUT2D eigenvalue weighted by Gasteiger charge is -2.20. The van der Waals surface area contributed by atoms with Crippen LogP contribution in [0.4, 0.5) is 5.82 Å². The van der Waals surface area contributed by atoms with Crippen LogP contribution >= 0.6 is 27.5 Å². The summed E-state index contributed by atoms with van der Waals surface area (Å²) >= 11 is 10.1. The van der Waals surface area contributed by atoms with Gasteiger partial charge in [0.05, 0.1) is 16.9 Å². The second kappa shape index (κ2) is 9.15. The highest BCUT2D eigenvalue weighted by molar-refractivity contribution is 9.10. The van der Waals surface area contributed by atoms with Crippen molar-refractivity contribution in [1.29, 1.82) is 0 Å². The number of hydrogen-bond donors (Lipinski definition) is 1. The highest BCUT2D eigenvalue weighted by Crippen LogP contribution is 2.31. The zero-order valence-electron chi connectivity index (χ0n) is 17.1. The first-order chi connectivity index (χ1) is 15.7. The first-order valence-corrected chi connectivity index (χ1v) is 11.5. The molecule has 0 aliphatic rings. The molecule has 2 aromatic heterocycles. The van der Waals surface area contributed by atoms with Crippen molar-refractivity contribution in [2.24, 2.45) is 0 Å². The van der Waals surface area contributed by atoms with Crippen LogP contribution in [-0.4, -0.2) is 20.9 Å². The number of aromatic nitrogens is 3. The van der Waals surface area contributed by atoms with Crippen LogP contribution < -0.4 is 5.32 Å². The normalized spacial score (nSPS) is 11.2. The molecule has 0 saturated heterocycles. The maximum Gasteiger partial charge on any atom is 0.181 e. The van der Waals surface area contributed by atoms with Gasteiger partial charge in [-0.25, -0.2) is 9.97 Å². The van der Waals surface area contributed by atoms with Crippen molar-refractivity contribution in [1.82, 2.24) is 14.4 Å². The van der Waals surface area contributed by atoms with Crippen molar-refractivity contribution >= 4 is 39.0 Å². The number of nitrogens with one attached hydrogen (secondary N) is 1. The van der Waals surface area contributed by atoms with Gasteiger partial charge in [-0.1, -0.05) is 90.5 Å². The third kappa shape index (κ3) is 4.14. The fourth-order valence-corrected chi connectivity index (χ4v) is 4.48. The number of benzene rings is 3. The first-order valence-electron chi connectivity index (χ1n) is 10.3. The molecule has 0 aliphatic carbocycles. The lowest BCUT2D eigenvalue weighted by atomic mass is 9.91.